The van der Waals surface area contributed by atoms with E-state index in [-0.39, 0.29) is 25.0 Å². The molecule has 1 amide bonds. The summed E-state index contributed by atoms with van der Waals surface area (Å²) in [5, 5.41) is 8.72. The lowest BCUT2D eigenvalue weighted by atomic mass is 10.0. The van der Waals surface area contributed by atoms with Gasteiger partial charge in [0.1, 0.15) is 0 Å². The van der Waals surface area contributed by atoms with Gasteiger partial charge in [0.05, 0.1) is 18.1 Å². The van der Waals surface area contributed by atoms with Crippen LogP contribution in [-0.2, 0) is 22.1 Å². The molecule has 4 nitrogen and oxygen atoms in total. The lowest BCUT2D eigenvalue weighted by Gasteiger charge is -2.32. The Morgan fingerprint density at radius 3 is 2.62 bits per heavy atom. The number of amides is 1. The number of aliphatic hydroxyl groups excluding tert-OH is 1. The van der Waals surface area contributed by atoms with Crippen molar-refractivity contribution in [1.29, 1.82) is 0 Å². The number of benzene rings is 1. The molecule has 2 rings (SSSR count). The molecule has 0 bridgehead atoms. The summed E-state index contributed by atoms with van der Waals surface area (Å²) in [7, 11) is 0. The number of nitrogens with zero attached hydrogens (tertiary/aromatic N) is 1. The molecule has 1 aromatic rings. The highest BCUT2D eigenvalue weighted by Crippen LogP contribution is 2.29. The van der Waals surface area contributed by atoms with Gasteiger partial charge in [-0.25, -0.2) is 0 Å². The number of carbonyl (C=O) groups is 1. The van der Waals surface area contributed by atoms with Gasteiger partial charge >= 0.3 is 6.18 Å². The number of alkyl halides is 3. The van der Waals surface area contributed by atoms with Gasteiger partial charge in [-0.05, 0) is 30.9 Å². The van der Waals surface area contributed by atoms with E-state index in [1.807, 2.05) is 0 Å². The van der Waals surface area contributed by atoms with Crippen LogP contribution < -0.4 is 0 Å². The summed E-state index contributed by atoms with van der Waals surface area (Å²) < 4.78 is 43.7. The largest absolute Gasteiger partial charge is 0.416 e. The minimum absolute atomic E-state index is 0.0278. The Bertz CT molecular complexity index is 540. The molecule has 7 heteroatoms. The Morgan fingerprint density at radius 1 is 1.29 bits per heavy atom. The van der Waals surface area contributed by atoms with Gasteiger partial charge in [0.2, 0.25) is 5.91 Å². The van der Waals surface area contributed by atoms with E-state index >= 15 is 0 Å². The predicted octanol–water partition coefficient (Wildman–Crippen LogP) is 2.64. The standard InChI is InChI=1S/C17H22F3NO3/c18-17(19,20)14-4-1-3-13(11-14)12-16(23)21-7-5-15(6-8-21)24-10-2-9-22/h1,3-4,11,15,22H,2,5-10,12H2. The molecule has 1 aromatic carbocycles. The fraction of sp³-hybridized carbons (Fsp3) is 0.588. The zero-order chi connectivity index (χ0) is 17.6. The molecule has 1 saturated heterocycles. The van der Waals surface area contributed by atoms with Crippen LogP contribution in [0, 0.1) is 0 Å². The third-order valence-corrected chi connectivity index (χ3v) is 4.06. The summed E-state index contributed by atoms with van der Waals surface area (Å²) in [6, 6.07) is 4.90. The molecule has 0 aromatic heterocycles. The van der Waals surface area contributed by atoms with Crippen molar-refractivity contribution in [2.75, 3.05) is 26.3 Å². The van der Waals surface area contributed by atoms with Crippen LogP contribution in [0.1, 0.15) is 30.4 Å². The van der Waals surface area contributed by atoms with Crippen LogP contribution in [0.15, 0.2) is 24.3 Å². The highest BCUT2D eigenvalue weighted by molar-refractivity contribution is 5.78. The van der Waals surface area contributed by atoms with Gasteiger partial charge < -0.3 is 14.7 Å². The zero-order valence-electron chi connectivity index (χ0n) is 13.4. The van der Waals surface area contributed by atoms with Gasteiger partial charge in [0.15, 0.2) is 0 Å². The molecule has 1 aliphatic rings. The van der Waals surface area contributed by atoms with Crippen LogP contribution in [0.5, 0.6) is 0 Å². The van der Waals surface area contributed by atoms with Crippen LogP contribution in [-0.4, -0.2) is 48.3 Å². The van der Waals surface area contributed by atoms with Crippen LogP contribution in [0.3, 0.4) is 0 Å². The maximum Gasteiger partial charge on any atom is 0.416 e. The van der Waals surface area contributed by atoms with Crippen LogP contribution in [0.2, 0.25) is 0 Å². The molecule has 0 saturated carbocycles. The van der Waals surface area contributed by atoms with Gasteiger partial charge in [0.25, 0.3) is 0 Å². The first-order chi connectivity index (χ1) is 11.4. The first-order valence-electron chi connectivity index (χ1n) is 8.06. The van der Waals surface area contributed by atoms with E-state index in [1.165, 1.54) is 12.1 Å². The van der Waals surface area contributed by atoms with Crippen molar-refractivity contribution >= 4 is 5.91 Å². The summed E-state index contributed by atoms with van der Waals surface area (Å²) in [5.41, 5.74) is -0.361. The topological polar surface area (TPSA) is 49.8 Å². The van der Waals surface area contributed by atoms with Crippen molar-refractivity contribution in [3.63, 3.8) is 0 Å². The van der Waals surface area contributed by atoms with Gasteiger partial charge in [-0.1, -0.05) is 18.2 Å². The molecule has 0 aliphatic carbocycles. The number of carbonyl (C=O) groups excluding carboxylic acids is 1. The quantitative estimate of drug-likeness (QED) is 0.807. The third-order valence-electron chi connectivity index (χ3n) is 4.06. The molecule has 0 spiro atoms. The maximum absolute atomic E-state index is 12.7. The Morgan fingerprint density at radius 2 is 2.00 bits per heavy atom. The molecular weight excluding hydrogens is 323 g/mol. The summed E-state index contributed by atoms with van der Waals surface area (Å²) in [4.78, 5) is 13.9. The number of piperidine rings is 1. The minimum atomic E-state index is -4.40. The number of aliphatic hydroxyl groups is 1. The fourth-order valence-corrected chi connectivity index (χ4v) is 2.73. The first-order valence-corrected chi connectivity index (χ1v) is 8.06. The molecular formula is C17H22F3NO3. The van der Waals surface area contributed by atoms with E-state index in [4.69, 9.17) is 9.84 Å². The van der Waals surface area contributed by atoms with Crippen LogP contribution in [0.4, 0.5) is 13.2 Å². The van der Waals surface area contributed by atoms with E-state index in [0.717, 1.165) is 12.1 Å². The molecule has 1 aliphatic heterocycles. The number of likely N-dealkylation sites (tertiary alicyclic amines) is 1. The average molecular weight is 345 g/mol. The lowest BCUT2D eigenvalue weighted by Crippen LogP contribution is -2.41. The number of hydrogen-bond donors (Lipinski definition) is 1. The van der Waals surface area contributed by atoms with Crippen molar-refractivity contribution in [3.05, 3.63) is 35.4 Å². The van der Waals surface area contributed by atoms with Crippen molar-refractivity contribution in [3.8, 4) is 0 Å². The summed E-state index contributed by atoms with van der Waals surface area (Å²) in [5.74, 6) is -0.164. The zero-order valence-corrected chi connectivity index (χ0v) is 13.4. The van der Waals surface area contributed by atoms with Crippen LogP contribution in [0.25, 0.3) is 0 Å². The van der Waals surface area contributed by atoms with E-state index in [9.17, 15) is 18.0 Å². The maximum atomic E-state index is 12.7. The van der Waals surface area contributed by atoms with Gasteiger partial charge in [-0.15, -0.1) is 0 Å². The van der Waals surface area contributed by atoms with Gasteiger partial charge in [-0.2, -0.15) is 13.2 Å². The van der Waals surface area contributed by atoms with Gasteiger partial charge in [0, 0.05) is 26.3 Å². The summed E-state index contributed by atoms with van der Waals surface area (Å²) >= 11 is 0. The first kappa shape index (κ1) is 18.7. The van der Waals surface area contributed by atoms with Crippen molar-refractivity contribution in [2.24, 2.45) is 0 Å². The molecule has 0 atom stereocenters. The third kappa shape index (κ3) is 5.49. The van der Waals surface area contributed by atoms with E-state index < -0.39 is 11.7 Å². The van der Waals surface area contributed by atoms with Gasteiger partial charge in [-0.3, -0.25) is 4.79 Å². The highest BCUT2D eigenvalue weighted by atomic mass is 19.4. The van der Waals surface area contributed by atoms with Crippen LogP contribution >= 0.6 is 0 Å². The molecule has 24 heavy (non-hydrogen) atoms. The molecule has 0 unspecified atom stereocenters. The smallest absolute Gasteiger partial charge is 0.396 e. The van der Waals surface area contributed by atoms with E-state index in [1.54, 1.807) is 4.90 Å². The Balaban J connectivity index is 1.84. The number of ether oxygens (including phenoxy) is 1. The molecule has 1 N–H and O–H groups in total. The predicted molar refractivity (Wildman–Crippen MR) is 82.4 cm³/mol. The summed E-state index contributed by atoms with van der Waals surface area (Å²) in [6.45, 7) is 1.68. The normalized spacial score (nSPS) is 16.4. The monoisotopic (exact) mass is 345 g/mol. The Hall–Kier alpha value is -1.60. The SMILES string of the molecule is O=C(Cc1cccc(C(F)(F)F)c1)N1CCC(OCCCO)CC1. The second-order valence-electron chi connectivity index (χ2n) is 5.90. The second-order valence-corrected chi connectivity index (χ2v) is 5.90. The highest BCUT2D eigenvalue weighted by Gasteiger charge is 2.30. The number of halogens is 3. The molecule has 1 fully saturated rings. The molecule has 134 valence electrons. The van der Waals surface area contributed by atoms with Crippen molar-refractivity contribution < 1.29 is 27.8 Å². The molecule has 1 heterocycles. The number of rotatable bonds is 6. The average Bonchev–Trinajstić information content (AvgIpc) is 2.55. The lowest BCUT2D eigenvalue weighted by molar-refractivity contribution is -0.138. The summed E-state index contributed by atoms with van der Waals surface area (Å²) in [6.07, 6.45) is -2.34. The van der Waals surface area contributed by atoms with Crippen molar-refractivity contribution in [2.45, 2.75) is 38.0 Å². The second kappa shape index (κ2) is 8.48. The Labute approximate surface area is 139 Å². The number of hydrogen-bond acceptors (Lipinski definition) is 3. The fourth-order valence-electron chi connectivity index (χ4n) is 2.73. The minimum Gasteiger partial charge on any atom is -0.396 e. The molecule has 0 radical (unpaired) electrons. The van der Waals surface area contributed by atoms with E-state index in [0.29, 0.717) is 44.5 Å². The van der Waals surface area contributed by atoms with E-state index in [2.05, 4.69) is 0 Å². The van der Waals surface area contributed by atoms with Crippen molar-refractivity contribution in [1.82, 2.24) is 4.90 Å². The Kier molecular flexibility index (Phi) is 6.62.